The number of carbonyl (C=O) groups is 2. The molecular formula is C11H19BN2O6S. The number of hydrogen-bond donors (Lipinski definition) is 2. The molecule has 1 aliphatic rings. The molecule has 1 rings (SSSR count). The SMILES string of the molecule is COC(=O)CCNS(=O)(=O)C1CCC(C(=O)OB=N)CC1. The van der Waals surface area contributed by atoms with Crippen molar-refractivity contribution < 1.29 is 27.4 Å². The summed E-state index contributed by atoms with van der Waals surface area (Å²) in [4.78, 5) is 22.4. The minimum atomic E-state index is -3.50. The van der Waals surface area contributed by atoms with Crippen LogP contribution in [0.15, 0.2) is 0 Å². The molecule has 21 heavy (non-hydrogen) atoms. The van der Waals surface area contributed by atoms with E-state index in [2.05, 4.69) is 14.1 Å². The Morgan fingerprint density at radius 2 is 1.90 bits per heavy atom. The van der Waals surface area contributed by atoms with Gasteiger partial charge in [-0.2, -0.15) is 0 Å². The van der Waals surface area contributed by atoms with Gasteiger partial charge in [0.15, 0.2) is 0 Å². The van der Waals surface area contributed by atoms with Crippen molar-refractivity contribution in [1.29, 1.82) is 5.31 Å². The van der Waals surface area contributed by atoms with Crippen LogP contribution in [-0.4, -0.2) is 46.5 Å². The summed E-state index contributed by atoms with van der Waals surface area (Å²) in [6.45, 7) is 0.00474. The number of rotatable bonds is 7. The van der Waals surface area contributed by atoms with Crippen LogP contribution in [0, 0.1) is 11.2 Å². The van der Waals surface area contributed by atoms with Gasteiger partial charge in [0.05, 0.1) is 7.11 Å². The molecule has 0 saturated heterocycles. The molecule has 118 valence electrons. The zero-order valence-corrected chi connectivity index (χ0v) is 12.6. The second kappa shape index (κ2) is 8.23. The molecule has 8 nitrogen and oxygen atoms in total. The molecule has 0 aliphatic heterocycles. The van der Waals surface area contributed by atoms with Gasteiger partial charge in [-0.1, -0.05) is 0 Å². The summed E-state index contributed by atoms with van der Waals surface area (Å²) in [6, 6.07) is 0. The number of sulfonamides is 1. The molecule has 0 atom stereocenters. The number of esters is 1. The Bertz CT molecular complexity index is 487. The first-order chi connectivity index (χ1) is 9.90. The van der Waals surface area contributed by atoms with Gasteiger partial charge in [0.1, 0.15) is 0 Å². The first-order valence-electron chi connectivity index (χ1n) is 6.65. The third kappa shape index (κ3) is 5.54. The third-order valence-electron chi connectivity index (χ3n) is 3.48. The van der Waals surface area contributed by atoms with E-state index in [4.69, 9.17) is 5.31 Å². The third-order valence-corrected chi connectivity index (χ3v) is 5.44. The molecule has 1 fully saturated rings. The fourth-order valence-electron chi connectivity index (χ4n) is 2.28. The van der Waals surface area contributed by atoms with Crippen LogP contribution < -0.4 is 4.72 Å². The van der Waals surface area contributed by atoms with Crippen molar-refractivity contribution in [3.8, 4) is 0 Å². The zero-order chi connectivity index (χ0) is 15.9. The van der Waals surface area contributed by atoms with E-state index in [9.17, 15) is 18.0 Å². The van der Waals surface area contributed by atoms with E-state index < -0.39 is 27.2 Å². The Morgan fingerprint density at radius 1 is 1.29 bits per heavy atom. The maximum atomic E-state index is 12.0. The van der Waals surface area contributed by atoms with Crippen molar-refractivity contribution in [2.75, 3.05) is 13.7 Å². The van der Waals surface area contributed by atoms with Crippen LogP contribution in [0.4, 0.5) is 0 Å². The van der Waals surface area contributed by atoms with Gasteiger partial charge in [0, 0.05) is 0 Å². The summed E-state index contributed by atoms with van der Waals surface area (Å²) in [5, 5.41) is 6.14. The summed E-state index contributed by atoms with van der Waals surface area (Å²) >= 11 is 0. The molecule has 0 aromatic heterocycles. The normalized spacial score (nSPS) is 22.1. The second-order valence-corrected chi connectivity index (χ2v) is 6.84. The Hall–Kier alpha value is -1.29. The quantitative estimate of drug-likeness (QED) is 0.501. The van der Waals surface area contributed by atoms with Crippen molar-refractivity contribution in [1.82, 2.24) is 4.72 Å². The van der Waals surface area contributed by atoms with Crippen molar-refractivity contribution in [3.05, 3.63) is 0 Å². The molecule has 0 radical (unpaired) electrons. The van der Waals surface area contributed by atoms with Gasteiger partial charge in [0.25, 0.3) is 0 Å². The molecule has 0 unspecified atom stereocenters. The number of ether oxygens (including phenoxy) is 1. The number of hydrogen-bond acceptors (Lipinski definition) is 7. The summed E-state index contributed by atoms with van der Waals surface area (Å²) in [7, 11) is -1.68. The van der Waals surface area contributed by atoms with Gasteiger partial charge >= 0.3 is 116 Å². The molecule has 0 spiro atoms. The minimum absolute atomic E-state index is 0.00474. The molecule has 0 heterocycles. The monoisotopic (exact) mass is 318 g/mol. The van der Waals surface area contributed by atoms with Crippen molar-refractivity contribution >= 4 is 29.2 Å². The van der Waals surface area contributed by atoms with Crippen LogP contribution in [0.2, 0.25) is 0 Å². The van der Waals surface area contributed by atoms with E-state index in [1.165, 1.54) is 7.11 Å². The van der Waals surface area contributed by atoms with Gasteiger partial charge in [-0.25, -0.2) is 0 Å². The van der Waals surface area contributed by atoms with E-state index in [1.807, 2.05) is 0 Å². The van der Waals surface area contributed by atoms with Crippen molar-refractivity contribution in [2.24, 2.45) is 5.92 Å². The van der Waals surface area contributed by atoms with Crippen LogP contribution in [0.5, 0.6) is 0 Å². The predicted molar refractivity (Wildman–Crippen MR) is 73.9 cm³/mol. The van der Waals surface area contributed by atoms with E-state index in [0.29, 0.717) is 33.0 Å². The van der Waals surface area contributed by atoms with E-state index in [1.54, 1.807) is 0 Å². The fraction of sp³-hybridized carbons (Fsp3) is 0.818. The molecule has 0 bridgehead atoms. The summed E-state index contributed by atoms with van der Waals surface area (Å²) in [5.74, 6) is -1.32. The molecule has 10 heteroatoms. The molecule has 0 aromatic rings. The van der Waals surface area contributed by atoms with E-state index in [-0.39, 0.29) is 18.9 Å². The summed E-state index contributed by atoms with van der Waals surface area (Å²) in [5.41, 5.74) is 0. The van der Waals surface area contributed by atoms with Crippen molar-refractivity contribution in [3.63, 3.8) is 0 Å². The summed E-state index contributed by atoms with van der Waals surface area (Å²) in [6.07, 6.45) is 1.51. The van der Waals surface area contributed by atoms with E-state index >= 15 is 0 Å². The average molecular weight is 318 g/mol. The van der Waals surface area contributed by atoms with Gasteiger partial charge < -0.3 is 0 Å². The van der Waals surface area contributed by atoms with Crippen LogP contribution in [0.3, 0.4) is 0 Å². The van der Waals surface area contributed by atoms with Crippen LogP contribution in [0.25, 0.3) is 0 Å². The average Bonchev–Trinajstić information content (AvgIpc) is 2.47. The molecule has 1 saturated carbocycles. The maximum absolute atomic E-state index is 12.0. The Morgan fingerprint density at radius 3 is 2.43 bits per heavy atom. The Balaban J connectivity index is 2.43. The van der Waals surface area contributed by atoms with Crippen LogP contribution >= 0.6 is 0 Å². The molecule has 2 N–H and O–H groups in total. The standard InChI is InChI=1S/C11H19BN2O6S/c1-19-10(15)6-7-14-21(17,18)9-4-2-8(3-5-9)11(16)20-12-13/h8-9,13-14H,2-7H2,1H3. The second-order valence-electron chi connectivity index (χ2n) is 4.79. The first kappa shape index (κ1) is 17.8. The number of methoxy groups -OCH3 is 1. The van der Waals surface area contributed by atoms with Gasteiger partial charge in [-0.3, -0.25) is 0 Å². The number of nitrogens with one attached hydrogen (secondary N) is 2. The van der Waals surface area contributed by atoms with Crippen molar-refractivity contribution in [2.45, 2.75) is 37.4 Å². The zero-order valence-electron chi connectivity index (χ0n) is 11.8. The molecule has 0 aromatic carbocycles. The topological polar surface area (TPSA) is 123 Å². The molecule has 0 amide bonds. The predicted octanol–water partition coefficient (Wildman–Crippen LogP) is -0.0475. The van der Waals surface area contributed by atoms with Gasteiger partial charge in [0.2, 0.25) is 0 Å². The van der Waals surface area contributed by atoms with Crippen LogP contribution in [-0.2, 0) is 29.0 Å². The van der Waals surface area contributed by atoms with Gasteiger partial charge in [-0.05, 0) is 0 Å². The van der Waals surface area contributed by atoms with E-state index in [0.717, 1.165) is 0 Å². The number of carbonyl (C=O) groups excluding carboxylic acids is 2. The molecular weight excluding hydrogens is 299 g/mol. The van der Waals surface area contributed by atoms with Crippen LogP contribution in [0.1, 0.15) is 32.1 Å². The first-order valence-corrected chi connectivity index (χ1v) is 8.20. The fourth-order valence-corrected chi connectivity index (χ4v) is 3.79. The summed E-state index contributed by atoms with van der Waals surface area (Å²) < 4.78 is 35.4. The molecule has 1 aliphatic carbocycles. The Labute approximate surface area is 124 Å². The Kier molecular flexibility index (Phi) is 6.96. The van der Waals surface area contributed by atoms with Gasteiger partial charge in [-0.15, -0.1) is 0 Å².